The number of fused-ring (bicyclic) bond motifs is 1. The van der Waals surface area contributed by atoms with Gasteiger partial charge in [0.25, 0.3) is 0 Å². The number of aryl methyl sites for hydroxylation is 2. The second-order valence-electron chi connectivity index (χ2n) is 6.77. The monoisotopic (exact) mass is 510 g/mol. The summed E-state index contributed by atoms with van der Waals surface area (Å²) >= 11 is 0. The van der Waals surface area contributed by atoms with E-state index in [2.05, 4.69) is 68.4 Å². The van der Waals surface area contributed by atoms with E-state index in [0.717, 1.165) is 6.42 Å². The molecule has 1 nitrogen and oxygen atoms in total. The van der Waals surface area contributed by atoms with Crippen LogP contribution in [-0.2, 0) is 39.0 Å². The van der Waals surface area contributed by atoms with Gasteiger partial charge in [-0.3, -0.25) is 0 Å². The van der Waals surface area contributed by atoms with E-state index < -0.39 is 9.04 Å². The van der Waals surface area contributed by atoms with Crippen molar-refractivity contribution in [3.8, 4) is 11.1 Å². The van der Waals surface area contributed by atoms with Gasteiger partial charge in [0.15, 0.2) is 9.04 Å². The molecule has 0 bridgehead atoms. The predicted octanol–water partition coefficient (Wildman–Crippen LogP) is 0.366. The minimum absolute atomic E-state index is 0. The molecule has 0 heterocycles. The maximum absolute atomic E-state index is 8.16. The molecule has 1 N–H and O–H groups in total. The van der Waals surface area contributed by atoms with Crippen LogP contribution in [0.2, 0.25) is 13.1 Å². The zero-order valence-corrected chi connectivity index (χ0v) is 22.2. The second kappa shape index (κ2) is 15.5. The maximum atomic E-state index is 8.16. The number of unbranched alkanes of at least 4 members (excludes halogenated alkanes) is 1. The van der Waals surface area contributed by atoms with Gasteiger partial charge in [0.2, 0.25) is 0 Å². The molecule has 3 aromatic rings. The van der Waals surface area contributed by atoms with Crippen LogP contribution in [-0.4, -0.2) is 13.8 Å². The van der Waals surface area contributed by atoms with Gasteiger partial charge in [-0.1, -0.05) is 62.6 Å². The van der Waals surface area contributed by atoms with Crippen LogP contribution in [0.4, 0.5) is 0 Å². The van der Waals surface area contributed by atoms with E-state index in [1.165, 1.54) is 52.3 Å². The number of benzene rings is 2. The van der Waals surface area contributed by atoms with Crippen molar-refractivity contribution in [2.75, 3.05) is 0 Å². The summed E-state index contributed by atoms with van der Waals surface area (Å²) in [4.78, 5) is 8.16. The van der Waals surface area contributed by atoms with Crippen LogP contribution in [0.15, 0.2) is 54.6 Å². The molecule has 0 fully saturated rings. The van der Waals surface area contributed by atoms with Gasteiger partial charge in [-0.15, -0.1) is 34.5 Å². The Morgan fingerprint density at radius 3 is 2.11 bits per heavy atom. The van der Waals surface area contributed by atoms with E-state index in [1.54, 1.807) is 0 Å². The van der Waals surface area contributed by atoms with Gasteiger partial charge in [-0.05, 0) is 37.1 Å². The SMILES string of the molecule is CCCCc1cc2c(-c3ccc(CC)cc3)cccc2[cH-]1.C[Si](C)O.[Cl-].[Cl-].[Zr+3]. The normalized spacial score (nSPS) is 9.64. The Morgan fingerprint density at radius 1 is 0.964 bits per heavy atom. The fourth-order valence-corrected chi connectivity index (χ4v) is 2.99. The molecule has 0 aliphatic carbocycles. The Hall–Kier alpha value is -0.310. The first-order valence-electron chi connectivity index (χ1n) is 9.32. The van der Waals surface area contributed by atoms with Gasteiger partial charge in [0, 0.05) is 0 Å². The summed E-state index contributed by atoms with van der Waals surface area (Å²) in [7, 11) is -0.880. The third kappa shape index (κ3) is 9.01. The molecular weight excluding hydrogens is 482 g/mol. The number of hydrogen-bond donors (Lipinski definition) is 1. The van der Waals surface area contributed by atoms with Crippen molar-refractivity contribution in [2.24, 2.45) is 0 Å². The fourth-order valence-electron chi connectivity index (χ4n) is 2.99. The van der Waals surface area contributed by atoms with Gasteiger partial charge in [-0.2, -0.15) is 6.07 Å². The van der Waals surface area contributed by atoms with Crippen molar-refractivity contribution >= 4 is 19.8 Å². The van der Waals surface area contributed by atoms with Crippen LogP contribution in [0.1, 0.15) is 37.8 Å². The van der Waals surface area contributed by atoms with Gasteiger partial charge in [0.1, 0.15) is 0 Å². The molecule has 0 aliphatic heterocycles. The predicted molar refractivity (Wildman–Crippen MR) is 113 cm³/mol. The quantitative estimate of drug-likeness (QED) is 0.387. The summed E-state index contributed by atoms with van der Waals surface area (Å²) < 4.78 is 0. The van der Waals surface area contributed by atoms with E-state index in [9.17, 15) is 0 Å². The maximum Gasteiger partial charge on any atom is 3.00 e. The molecule has 0 aliphatic rings. The minimum atomic E-state index is -0.880. The third-order valence-electron chi connectivity index (χ3n) is 4.30. The topological polar surface area (TPSA) is 20.2 Å². The Bertz CT molecular complexity index is 782. The molecule has 5 heteroatoms. The number of hydrogen-bond acceptors (Lipinski definition) is 1. The fraction of sp³-hybridized carbons (Fsp3) is 0.348. The van der Waals surface area contributed by atoms with Crippen LogP contribution in [0.5, 0.6) is 0 Å². The number of halogens is 2. The molecule has 2 radical (unpaired) electrons. The standard InChI is InChI=1S/C21H23.C2H7OSi.2ClH.Zr/c1-3-5-7-17-14-19-8-6-9-20(21(19)15-17)18-12-10-16(4-2)11-13-18;1-4(2)3;;;/h6,8-15H,3-5,7H2,1-2H3;3H,1-2H3;2*1H;/q-1;;;;+3/p-2. The summed E-state index contributed by atoms with van der Waals surface area (Å²) in [6.45, 7) is 8.10. The van der Waals surface area contributed by atoms with Crippen molar-refractivity contribution < 1.29 is 55.8 Å². The molecule has 0 aromatic heterocycles. The first-order valence-corrected chi connectivity index (χ1v) is 11.8. The first-order chi connectivity index (χ1) is 12.0. The molecule has 0 saturated carbocycles. The smallest absolute Gasteiger partial charge is 1.00 e. The van der Waals surface area contributed by atoms with E-state index in [-0.39, 0.29) is 51.0 Å². The van der Waals surface area contributed by atoms with Crippen molar-refractivity contribution in [1.82, 2.24) is 0 Å². The van der Waals surface area contributed by atoms with Crippen molar-refractivity contribution in [2.45, 2.75) is 52.6 Å². The summed E-state index contributed by atoms with van der Waals surface area (Å²) in [5.41, 5.74) is 5.56. The van der Waals surface area contributed by atoms with Crippen LogP contribution >= 0.6 is 0 Å². The van der Waals surface area contributed by atoms with E-state index >= 15 is 0 Å². The molecule has 0 spiro atoms. The first kappa shape index (κ1) is 29.9. The molecule has 3 aromatic carbocycles. The largest absolute Gasteiger partial charge is 3.00 e. The summed E-state index contributed by atoms with van der Waals surface area (Å²) in [6.07, 6.45) is 4.82. The Labute approximate surface area is 204 Å². The summed E-state index contributed by atoms with van der Waals surface area (Å²) in [6, 6.07) is 20.4. The van der Waals surface area contributed by atoms with E-state index in [0.29, 0.717) is 0 Å². The van der Waals surface area contributed by atoms with E-state index in [1.807, 2.05) is 13.1 Å². The van der Waals surface area contributed by atoms with Gasteiger partial charge < -0.3 is 29.6 Å². The third-order valence-corrected chi connectivity index (χ3v) is 4.30. The molecule has 0 amide bonds. The Morgan fingerprint density at radius 2 is 1.57 bits per heavy atom. The Balaban J connectivity index is 0. The summed E-state index contributed by atoms with van der Waals surface area (Å²) in [5.74, 6) is 0. The van der Waals surface area contributed by atoms with Crippen LogP contribution < -0.4 is 24.8 Å². The molecule has 3 rings (SSSR count). The zero-order chi connectivity index (χ0) is 18.2. The van der Waals surface area contributed by atoms with Crippen molar-refractivity contribution in [1.29, 1.82) is 0 Å². The minimum Gasteiger partial charge on any atom is -1.00 e. The van der Waals surface area contributed by atoms with Gasteiger partial charge in [0.05, 0.1) is 0 Å². The molecule has 150 valence electrons. The van der Waals surface area contributed by atoms with Gasteiger partial charge in [-0.25, -0.2) is 0 Å². The van der Waals surface area contributed by atoms with Crippen LogP contribution in [0.3, 0.4) is 0 Å². The average Bonchev–Trinajstić information content (AvgIpc) is 3.02. The molecule has 0 atom stereocenters. The number of rotatable bonds is 5. The van der Waals surface area contributed by atoms with E-state index in [4.69, 9.17) is 4.80 Å². The second-order valence-corrected chi connectivity index (χ2v) is 8.67. The summed E-state index contributed by atoms with van der Waals surface area (Å²) in [5, 5.41) is 2.77. The zero-order valence-electron chi connectivity index (χ0n) is 17.2. The Kier molecular flexibility index (Phi) is 16.6. The molecule has 28 heavy (non-hydrogen) atoms. The molecule has 0 saturated heterocycles. The van der Waals surface area contributed by atoms with Crippen molar-refractivity contribution in [3.05, 3.63) is 65.7 Å². The van der Waals surface area contributed by atoms with Crippen LogP contribution in [0.25, 0.3) is 21.9 Å². The van der Waals surface area contributed by atoms with Crippen LogP contribution in [0, 0.1) is 0 Å². The van der Waals surface area contributed by atoms with Gasteiger partial charge >= 0.3 is 26.2 Å². The molecule has 0 unspecified atom stereocenters. The van der Waals surface area contributed by atoms with Crippen molar-refractivity contribution in [3.63, 3.8) is 0 Å². The molecular formula is C23H30Cl2OSiZr. The average molecular weight is 513 g/mol.